The van der Waals surface area contributed by atoms with E-state index >= 15 is 0 Å². The van der Waals surface area contributed by atoms with Crippen LogP contribution >= 0.6 is 0 Å². The van der Waals surface area contributed by atoms with Gasteiger partial charge in [0.15, 0.2) is 0 Å². The summed E-state index contributed by atoms with van der Waals surface area (Å²) in [6.07, 6.45) is 0.703. The molecule has 1 aromatic rings. The third kappa shape index (κ3) is 2.85. The lowest BCUT2D eigenvalue weighted by molar-refractivity contribution is -0.139. The van der Waals surface area contributed by atoms with Crippen molar-refractivity contribution in [3.8, 4) is 0 Å². The zero-order valence-corrected chi connectivity index (χ0v) is 8.18. The molecule has 0 unspecified atom stereocenters. The fourth-order valence-electron chi connectivity index (χ4n) is 1.36. The van der Waals surface area contributed by atoms with Gasteiger partial charge < -0.3 is 10.8 Å². The number of carbonyl (C=O) groups is 1. The van der Waals surface area contributed by atoms with Crippen molar-refractivity contribution in [2.45, 2.75) is 19.4 Å². The minimum Gasteiger partial charge on any atom is -0.480 e. The first-order chi connectivity index (χ1) is 6.61. The Morgan fingerprint density at radius 2 is 2.00 bits per heavy atom. The van der Waals surface area contributed by atoms with Gasteiger partial charge in [-0.3, -0.25) is 4.79 Å². The van der Waals surface area contributed by atoms with Gasteiger partial charge in [0, 0.05) is 0 Å². The van der Waals surface area contributed by atoms with Gasteiger partial charge in [-0.2, -0.15) is 0 Å². The molecule has 0 saturated carbocycles. The van der Waals surface area contributed by atoms with Crippen molar-refractivity contribution < 1.29 is 9.90 Å². The summed E-state index contributed by atoms with van der Waals surface area (Å²) in [5, 5.41) is 8.71. The number of hydrogen-bond donors (Lipinski definition) is 2. The molecule has 0 radical (unpaired) electrons. The van der Waals surface area contributed by atoms with Gasteiger partial charge in [0.2, 0.25) is 0 Å². The molecule has 3 heteroatoms. The van der Waals surface area contributed by atoms with Crippen molar-refractivity contribution in [1.29, 1.82) is 0 Å². The van der Waals surface area contributed by atoms with Crippen LogP contribution < -0.4 is 5.73 Å². The molecule has 0 aliphatic heterocycles. The number of aliphatic carboxylic acids is 1. The highest BCUT2D eigenvalue weighted by atomic mass is 16.4. The molecule has 0 bridgehead atoms. The molecule has 1 aromatic carbocycles. The predicted molar refractivity (Wildman–Crippen MR) is 54.9 cm³/mol. The third-order valence-corrected chi connectivity index (χ3v) is 2.30. The van der Waals surface area contributed by atoms with Gasteiger partial charge in [0.1, 0.15) is 6.04 Å². The summed E-state index contributed by atoms with van der Waals surface area (Å²) in [6, 6.07) is 8.99. The van der Waals surface area contributed by atoms with Gasteiger partial charge in [0.05, 0.1) is 0 Å². The van der Waals surface area contributed by atoms with Crippen LogP contribution in [0.15, 0.2) is 30.3 Å². The SMILES string of the molecule is C[C@@H](Cc1ccccc1)[C@@H](N)C(=O)O. The lowest BCUT2D eigenvalue weighted by atomic mass is 9.95. The Bertz CT molecular complexity index is 297. The Balaban J connectivity index is 2.57. The molecule has 0 amide bonds. The van der Waals surface area contributed by atoms with E-state index in [0.29, 0.717) is 6.42 Å². The highest BCUT2D eigenvalue weighted by Gasteiger charge is 2.19. The van der Waals surface area contributed by atoms with Crippen LogP contribution in [0.1, 0.15) is 12.5 Å². The largest absolute Gasteiger partial charge is 0.480 e. The van der Waals surface area contributed by atoms with E-state index in [9.17, 15) is 4.79 Å². The molecule has 0 aliphatic rings. The third-order valence-electron chi connectivity index (χ3n) is 2.30. The summed E-state index contributed by atoms with van der Waals surface area (Å²) in [4.78, 5) is 10.6. The van der Waals surface area contributed by atoms with Crippen LogP contribution in [-0.4, -0.2) is 17.1 Å². The molecule has 2 atom stereocenters. The minimum absolute atomic E-state index is 0.0464. The maximum Gasteiger partial charge on any atom is 0.320 e. The monoisotopic (exact) mass is 193 g/mol. The molecule has 0 aliphatic carbocycles. The lowest BCUT2D eigenvalue weighted by Gasteiger charge is -2.15. The summed E-state index contributed by atoms with van der Waals surface area (Å²) >= 11 is 0. The second-order valence-corrected chi connectivity index (χ2v) is 3.53. The molecule has 3 nitrogen and oxygen atoms in total. The summed E-state index contributed by atoms with van der Waals surface area (Å²) in [5.41, 5.74) is 6.63. The van der Waals surface area contributed by atoms with Crippen molar-refractivity contribution in [3.05, 3.63) is 35.9 Å². The van der Waals surface area contributed by atoms with Gasteiger partial charge in [-0.15, -0.1) is 0 Å². The Labute approximate surface area is 83.6 Å². The number of carboxylic acid groups (broad SMARTS) is 1. The zero-order valence-electron chi connectivity index (χ0n) is 8.18. The van der Waals surface area contributed by atoms with Gasteiger partial charge in [-0.25, -0.2) is 0 Å². The molecule has 1 rings (SSSR count). The van der Waals surface area contributed by atoms with Crippen LogP contribution in [0.2, 0.25) is 0 Å². The molecule has 76 valence electrons. The molecular weight excluding hydrogens is 178 g/mol. The van der Waals surface area contributed by atoms with Crippen molar-refractivity contribution >= 4 is 5.97 Å². The normalized spacial score (nSPS) is 14.7. The van der Waals surface area contributed by atoms with Crippen LogP contribution in [0.5, 0.6) is 0 Å². The predicted octanol–water partition coefficient (Wildman–Crippen LogP) is 1.28. The number of hydrogen-bond acceptors (Lipinski definition) is 2. The van der Waals surface area contributed by atoms with E-state index in [2.05, 4.69) is 0 Å². The molecule has 0 fully saturated rings. The fraction of sp³-hybridized carbons (Fsp3) is 0.364. The van der Waals surface area contributed by atoms with Crippen molar-refractivity contribution in [2.24, 2.45) is 11.7 Å². The number of carboxylic acids is 1. The second kappa shape index (κ2) is 4.77. The van der Waals surface area contributed by atoms with E-state index in [1.807, 2.05) is 37.3 Å². The Hall–Kier alpha value is -1.35. The highest BCUT2D eigenvalue weighted by Crippen LogP contribution is 2.10. The molecule has 0 spiro atoms. The average Bonchev–Trinajstić information content (AvgIpc) is 2.18. The van der Waals surface area contributed by atoms with Crippen LogP contribution in [0.25, 0.3) is 0 Å². The molecule has 0 saturated heterocycles. The van der Waals surface area contributed by atoms with E-state index in [1.165, 1.54) is 0 Å². The number of nitrogens with two attached hydrogens (primary N) is 1. The van der Waals surface area contributed by atoms with E-state index in [4.69, 9.17) is 10.8 Å². The first kappa shape index (κ1) is 10.7. The van der Waals surface area contributed by atoms with Crippen molar-refractivity contribution in [2.75, 3.05) is 0 Å². The molecule has 0 heterocycles. The molecule has 3 N–H and O–H groups in total. The second-order valence-electron chi connectivity index (χ2n) is 3.53. The summed E-state index contributed by atoms with van der Waals surface area (Å²) in [6.45, 7) is 1.85. The van der Waals surface area contributed by atoms with E-state index in [0.717, 1.165) is 5.56 Å². The Kier molecular flexibility index (Phi) is 3.65. The topological polar surface area (TPSA) is 63.3 Å². The molecule has 0 aromatic heterocycles. The number of benzene rings is 1. The smallest absolute Gasteiger partial charge is 0.320 e. The fourth-order valence-corrected chi connectivity index (χ4v) is 1.36. The average molecular weight is 193 g/mol. The van der Waals surface area contributed by atoms with Gasteiger partial charge in [0.25, 0.3) is 0 Å². The van der Waals surface area contributed by atoms with E-state index < -0.39 is 12.0 Å². The Morgan fingerprint density at radius 3 is 2.50 bits per heavy atom. The van der Waals surface area contributed by atoms with Gasteiger partial charge in [-0.1, -0.05) is 37.3 Å². The standard InChI is InChI=1S/C11H15NO2/c1-8(10(12)11(13)14)7-9-5-3-2-4-6-9/h2-6,8,10H,7,12H2,1H3,(H,13,14)/t8-,10+/m0/s1. The van der Waals surface area contributed by atoms with Crippen LogP contribution in [-0.2, 0) is 11.2 Å². The first-order valence-electron chi connectivity index (χ1n) is 4.63. The van der Waals surface area contributed by atoms with Crippen molar-refractivity contribution in [3.63, 3.8) is 0 Å². The highest BCUT2D eigenvalue weighted by molar-refractivity contribution is 5.73. The number of rotatable bonds is 4. The molecule has 14 heavy (non-hydrogen) atoms. The quantitative estimate of drug-likeness (QED) is 0.757. The summed E-state index contributed by atoms with van der Waals surface area (Å²) < 4.78 is 0. The summed E-state index contributed by atoms with van der Waals surface area (Å²) in [5.74, 6) is -0.983. The Morgan fingerprint density at radius 1 is 1.43 bits per heavy atom. The van der Waals surface area contributed by atoms with E-state index in [1.54, 1.807) is 0 Å². The van der Waals surface area contributed by atoms with Crippen LogP contribution in [0.4, 0.5) is 0 Å². The van der Waals surface area contributed by atoms with E-state index in [-0.39, 0.29) is 5.92 Å². The lowest BCUT2D eigenvalue weighted by Crippen LogP contribution is -2.37. The van der Waals surface area contributed by atoms with Crippen LogP contribution in [0, 0.1) is 5.92 Å². The molecular formula is C11H15NO2. The maximum absolute atomic E-state index is 10.6. The first-order valence-corrected chi connectivity index (χ1v) is 4.63. The van der Waals surface area contributed by atoms with Crippen molar-refractivity contribution in [1.82, 2.24) is 0 Å². The van der Waals surface area contributed by atoms with Gasteiger partial charge >= 0.3 is 5.97 Å². The zero-order chi connectivity index (χ0) is 10.6. The van der Waals surface area contributed by atoms with Crippen LogP contribution in [0.3, 0.4) is 0 Å². The minimum atomic E-state index is -0.937. The van der Waals surface area contributed by atoms with Gasteiger partial charge in [-0.05, 0) is 17.9 Å². The maximum atomic E-state index is 10.6. The summed E-state index contributed by atoms with van der Waals surface area (Å²) in [7, 11) is 0.